The van der Waals surface area contributed by atoms with Crippen LogP contribution in [0.3, 0.4) is 0 Å². The van der Waals surface area contributed by atoms with E-state index in [-0.39, 0.29) is 42.1 Å². The summed E-state index contributed by atoms with van der Waals surface area (Å²) in [7, 11) is -3.52. The van der Waals surface area contributed by atoms with Crippen molar-refractivity contribution in [2.24, 2.45) is 5.92 Å². The van der Waals surface area contributed by atoms with Crippen LogP contribution >= 0.6 is 36.4 Å². The van der Waals surface area contributed by atoms with E-state index in [1.165, 1.54) is 12.3 Å². The van der Waals surface area contributed by atoms with E-state index >= 15 is 0 Å². The molecule has 4 rings (SSSR count). The molecular formula is C24H29Cl3N6O3S. The second-order valence-electron chi connectivity index (χ2n) is 8.44. The van der Waals surface area contributed by atoms with Crippen LogP contribution in [-0.2, 0) is 10.0 Å². The van der Waals surface area contributed by atoms with Gasteiger partial charge in [0.15, 0.2) is 0 Å². The fourth-order valence-electron chi connectivity index (χ4n) is 4.16. The van der Waals surface area contributed by atoms with E-state index in [1.807, 2.05) is 12.1 Å². The zero-order valence-electron chi connectivity index (χ0n) is 20.0. The van der Waals surface area contributed by atoms with Crippen molar-refractivity contribution in [2.45, 2.75) is 18.9 Å². The van der Waals surface area contributed by atoms with Crippen LogP contribution in [0, 0.1) is 5.92 Å². The van der Waals surface area contributed by atoms with Gasteiger partial charge in [-0.1, -0.05) is 11.6 Å². The molecule has 1 unspecified atom stereocenters. The molecule has 0 aliphatic carbocycles. The second-order valence-corrected chi connectivity index (χ2v) is 10.6. The van der Waals surface area contributed by atoms with E-state index < -0.39 is 15.9 Å². The van der Waals surface area contributed by atoms with Crippen LogP contribution in [-0.4, -0.2) is 43.6 Å². The maximum atomic E-state index is 13.3. The normalized spacial score (nSPS) is 14.4. The molecule has 4 N–H and O–H groups in total. The average Bonchev–Trinajstić information content (AvgIpc) is 2.84. The number of hydrogen-bond donors (Lipinski definition) is 4. The Kier molecular flexibility index (Phi) is 11.4. The number of hydrogen-bond acceptors (Lipinski definition) is 7. The van der Waals surface area contributed by atoms with Gasteiger partial charge in [-0.2, -0.15) is 0 Å². The number of sulfonamides is 1. The van der Waals surface area contributed by atoms with Crippen molar-refractivity contribution in [3.63, 3.8) is 0 Å². The van der Waals surface area contributed by atoms with Gasteiger partial charge >= 0.3 is 0 Å². The van der Waals surface area contributed by atoms with Crippen molar-refractivity contribution in [3.05, 3.63) is 77.2 Å². The van der Waals surface area contributed by atoms with Crippen LogP contribution < -0.4 is 20.7 Å². The molecule has 1 amide bonds. The van der Waals surface area contributed by atoms with E-state index in [0.29, 0.717) is 22.4 Å². The van der Waals surface area contributed by atoms with Gasteiger partial charge in [0.2, 0.25) is 10.0 Å². The average molecular weight is 588 g/mol. The smallest absolute Gasteiger partial charge is 0.258 e. The molecule has 1 aliphatic rings. The predicted octanol–water partition coefficient (Wildman–Crippen LogP) is 4.75. The molecule has 37 heavy (non-hydrogen) atoms. The van der Waals surface area contributed by atoms with Crippen LogP contribution in [0.5, 0.6) is 0 Å². The molecule has 200 valence electrons. The van der Waals surface area contributed by atoms with Crippen LogP contribution in [0.15, 0.2) is 61.1 Å². The molecule has 2 aromatic heterocycles. The number of anilines is 3. The minimum atomic E-state index is -3.52. The number of piperidine rings is 1. The largest absolute Gasteiger partial charge is 0.377 e. The summed E-state index contributed by atoms with van der Waals surface area (Å²) >= 11 is 5.90. The molecule has 3 aromatic rings. The molecule has 0 spiro atoms. The van der Waals surface area contributed by atoms with Crippen LogP contribution in [0.2, 0.25) is 5.02 Å². The van der Waals surface area contributed by atoms with Crippen molar-refractivity contribution in [3.8, 4) is 0 Å². The molecule has 0 bridgehead atoms. The minimum Gasteiger partial charge on any atom is -0.377 e. The molecular weight excluding hydrogens is 559 g/mol. The maximum Gasteiger partial charge on any atom is 0.258 e. The molecule has 1 aromatic carbocycles. The third-order valence-electron chi connectivity index (χ3n) is 5.77. The topological polar surface area (TPSA) is 125 Å². The number of nitrogens with one attached hydrogen (secondary N) is 4. The number of halogens is 3. The first-order valence-corrected chi connectivity index (χ1v) is 13.5. The number of amides is 1. The lowest BCUT2D eigenvalue weighted by atomic mass is 9.86. The Labute approximate surface area is 234 Å². The molecule has 0 saturated carbocycles. The highest BCUT2D eigenvalue weighted by Crippen LogP contribution is 2.34. The summed E-state index contributed by atoms with van der Waals surface area (Å²) in [6.07, 6.45) is 7.96. The quantitative estimate of drug-likeness (QED) is 0.300. The minimum absolute atomic E-state index is 0. The Morgan fingerprint density at radius 3 is 2.41 bits per heavy atom. The second kappa shape index (κ2) is 13.8. The van der Waals surface area contributed by atoms with Crippen molar-refractivity contribution in [2.75, 3.05) is 34.7 Å². The fraction of sp³-hybridized carbons (Fsp3) is 0.292. The van der Waals surface area contributed by atoms with Gasteiger partial charge in [-0.3, -0.25) is 14.5 Å². The van der Waals surface area contributed by atoms with Gasteiger partial charge in [0.1, 0.15) is 5.82 Å². The Morgan fingerprint density at radius 2 is 1.78 bits per heavy atom. The summed E-state index contributed by atoms with van der Waals surface area (Å²) in [5.74, 6) is 0.232. The first-order chi connectivity index (χ1) is 16.8. The summed E-state index contributed by atoms with van der Waals surface area (Å²) in [6, 6.07) is 12.0. The summed E-state index contributed by atoms with van der Waals surface area (Å²) in [4.78, 5) is 21.6. The lowest BCUT2D eigenvalue weighted by Gasteiger charge is -2.33. The molecule has 1 fully saturated rings. The molecule has 1 saturated heterocycles. The van der Waals surface area contributed by atoms with E-state index in [1.54, 1.807) is 36.7 Å². The van der Waals surface area contributed by atoms with Crippen molar-refractivity contribution >= 4 is 69.5 Å². The highest BCUT2D eigenvalue weighted by atomic mass is 35.5. The van der Waals surface area contributed by atoms with Gasteiger partial charge in [-0.05, 0) is 79.9 Å². The third kappa shape index (κ3) is 8.72. The van der Waals surface area contributed by atoms with Crippen LogP contribution in [0.1, 0.15) is 34.8 Å². The van der Waals surface area contributed by atoms with Crippen LogP contribution in [0.4, 0.5) is 17.2 Å². The first kappa shape index (κ1) is 30.6. The summed E-state index contributed by atoms with van der Waals surface area (Å²) in [5, 5.41) is 10.2. The van der Waals surface area contributed by atoms with Gasteiger partial charge in [0.25, 0.3) is 5.91 Å². The number of carbonyl (C=O) groups is 1. The zero-order valence-corrected chi connectivity index (χ0v) is 23.2. The number of rotatable bonds is 8. The molecule has 0 radical (unpaired) electrons. The zero-order chi connectivity index (χ0) is 24.8. The number of nitrogens with zero attached hydrogens (tertiary/aromatic N) is 2. The number of aromatic nitrogens is 2. The number of benzene rings is 1. The van der Waals surface area contributed by atoms with Gasteiger partial charge in [-0.25, -0.2) is 13.4 Å². The predicted molar refractivity (Wildman–Crippen MR) is 153 cm³/mol. The van der Waals surface area contributed by atoms with E-state index in [4.69, 9.17) is 11.6 Å². The Balaban J connectivity index is 0.00000241. The van der Waals surface area contributed by atoms with E-state index in [9.17, 15) is 13.2 Å². The third-order valence-corrected chi connectivity index (χ3v) is 6.60. The van der Waals surface area contributed by atoms with Gasteiger partial charge in [0.05, 0.1) is 22.9 Å². The number of carbonyl (C=O) groups excluding carboxylic acids is 1. The van der Waals surface area contributed by atoms with Gasteiger partial charge in [0, 0.05) is 30.0 Å². The lowest BCUT2D eigenvalue weighted by Crippen LogP contribution is -2.33. The van der Waals surface area contributed by atoms with Crippen molar-refractivity contribution in [1.82, 2.24) is 15.3 Å². The van der Waals surface area contributed by atoms with Gasteiger partial charge in [-0.15, -0.1) is 24.8 Å². The molecule has 9 nitrogen and oxygen atoms in total. The SMILES string of the molecule is CS(=O)(=O)Nc1ccc(NC(c2ccncc2)C2CCNCC2)c(C(=O)Nc2ccc(Cl)cn2)c1.Cl.Cl. The highest BCUT2D eigenvalue weighted by molar-refractivity contribution is 7.92. The van der Waals surface area contributed by atoms with Crippen LogP contribution in [0.25, 0.3) is 0 Å². The molecule has 1 atom stereocenters. The van der Waals surface area contributed by atoms with Crippen molar-refractivity contribution in [1.29, 1.82) is 0 Å². The number of pyridine rings is 2. The summed E-state index contributed by atoms with van der Waals surface area (Å²) in [6.45, 7) is 1.83. The Bertz CT molecular complexity index is 1270. The molecule has 13 heteroatoms. The first-order valence-electron chi connectivity index (χ1n) is 11.2. The molecule has 3 heterocycles. The molecule has 1 aliphatic heterocycles. The maximum absolute atomic E-state index is 13.3. The lowest BCUT2D eigenvalue weighted by molar-refractivity contribution is 0.102. The summed E-state index contributed by atoms with van der Waals surface area (Å²) in [5.41, 5.74) is 2.21. The van der Waals surface area contributed by atoms with E-state index in [2.05, 4.69) is 30.6 Å². The highest BCUT2D eigenvalue weighted by Gasteiger charge is 2.27. The van der Waals surface area contributed by atoms with Gasteiger partial charge < -0.3 is 16.0 Å². The van der Waals surface area contributed by atoms with E-state index in [0.717, 1.165) is 37.8 Å². The standard InChI is InChI=1S/C24H27ClN6O3S.2ClH/c1-35(33,34)31-19-3-4-21(20(14-19)24(32)30-22-5-2-18(25)15-28-22)29-23(16-6-10-26-11-7-16)17-8-12-27-13-9-17;;/h2-7,10-11,14-15,17,23,27,29,31H,8-9,12-13H2,1H3,(H,28,30,32);2*1H. The Hall–Kier alpha value is -2.63. The summed E-state index contributed by atoms with van der Waals surface area (Å²) < 4.78 is 26.0. The fourth-order valence-corrected chi connectivity index (χ4v) is 4.83. The van der Waals surface area contributed by atoms with Crippen molar-refractivity contribution < 1.29 is 13.2 Å². The Morgan fingerprint density at radius 1 is 1.08 bits per heavy atom. The monoisotopic (exact) mass is 586 g/mol.